The molecule has 0 aromatic carbocycles. The fourth-order valence-corrected chi connectivity index (χ4v) is 1.79. The monoisotopic (exact) mass is 271 g/mol. The Bertz CT molecular complexity index is 332. The van der Waals surface area contributed by atoms with Crippen molar-refractivity contribution >= 4 is 0 Å². The van der Waals surface area contributed by atoms with Crippen molar-refractivity contribution in [3.8, 4) is 0 Å². The first-order valence-corrected chi connectivity index (χ1v) is 6.85. The molecule has 0 amide bonds. The van der Waals surface area contributed by atoms with Crippen molar-refractivity contribution in [2.45, 2.75) is 39.3 Å². The Morgan fingerprint density at radius 1 is 1.26 bits per heavy atom. The molecule has 1 rings (SSSR count). The zero-order valence-corrected chi connectivity index (χ0v) is 12.1. The van der Waals surface area contributed by atoms with Crippen molar-refractivity contribution in [2.75, 3.05) is 33.5 Å². The summed E-state index contributed by atoms with van der Waals surface area (Å²) in [7, 11) is 1.67. The van der Waals surface area contributed by atoms with Crippen LogP contribution in [0.4, 0.5) is 0 Å². The summed E-state index contributed by atoms with van der Waals surface area (Å²) in [5, 5.41) is 15.1. The van der Waals surface area contributed by atoms with E-state index in [1.807, 2.05) is 4.68 Å². The second-order valence-electron chi connectivity index (χ2n) is 4.35. The predicted octanol–water partition coefficient (Wildman–Crippen LogP) is 0.787. The van der Waals surface area contributed by atoms with Gasteiger partial charge in [-0.25, -0.2) is 4.68 Å². The Morgan fingerprint density at radius 2 is 2.11 bits per heavy atom. The first-order chi connectivity index (χ1) is 9.29. The van der Waals surface area contributed by atoms with Crippen LogP contribution in [-0.4, -0.2) is 53.7 Å². The molecule has 7 heteroatoms. The quantitative estimate of drug-likeness (QED) is 0.600. The molecule has 1 aromatic heterocycles. The summed E-state index contributed by atoms with van der Waals surface area (Å²) in [4.78, 5) is 0. The number of hydrogen-bond donors (Lipinski definition) is 1. The molecule has 0 radical (unpaired) electrons. The molecule has 0 bridgehead atoms. The number of tetrazole rings is 1. The third-order valence-corrected chi connectivity index (χ3v) is 2.80. The largest absolute Gasteiger partial charge is 0.382 e. The Labute approximate surface area is 114 Å². The highest BCUT2D eigenvalue weighted by Gasteiger charge is 2.12. The third kappa shape index (κ3) is 6.09. The molecule has 0 saturated heterocycles. The molecule has 1 atom stereocenters. The summed E-state index contributed by atoms with van der Waals surface area (Å²) < 4.78 is 12.2. The van der Waals surface area contributed by atoms with Crippen LogP contribution in [0.2, 0.25) is 0 Å². The van der Waals surface area contributed by atoms with E-state index in [1.54, 1.807) is 7.11 Å². The summed E-state index contributed by atoms with van der Waals surface area (Å²) in [6, 6.07) is 0.179. The summed E-state index contributed by atoms with van der Waals surface area (Å²) in [6.07, 6.45) is 2.00. The lowest BCUT2D eigenvalue weighted by atomic mass is 10.3. The normalized spacial score (nSPS) is 12.8. The van der Waals surface area contributed by atoms with Crippen molar-refractivity contribution in [3.05, 3.63) is 5.82 Å². The summed E-state index contributed by atoms with van der Waals surface area (Å²) >= 11 is 0. The van der Waals surface area contributed by atoms with Crippen LogP contribution in [0, 0.1) is 0 Å². The first-order valence-electron chi connectivity index (χ1n) is 6.85. The summed E-state index contributed by atoms with van der Waals surface area (Å²) in [5.41, 5.74) is 0. The number of ether oxygens (including phenoxy) is 2. The lowest BCUT2D eigenvalue weighted by Gasteiger charge is -2.11. The van der Waals surface area contributed by atoms with Crippen LogP contribution in [0.15, 0.2) is 0 Å². The Kier molecular flexibility index (Phi) is 8.28. The smallest absolute Gasteiger partial charge is 0.167 e. The molecule has 0 aliphatic rings. The molecular weight excluding hydrogens is 246 g/mol. The van der Waals surface area contributed by atoms with Gasteiger partial charge >= 0.3 is 0 Å². The van der Waals surface area contributed by atoms with E-state index >= 15 is 0 Å². The standard InChI is InChI=1S/C12H25N5O2/c1-4-13-11(2)12-14-15-16-17(12)7-5-6-8-19-10-9-18-3/h11,13H,4-10H2,1-3H3. The fourth-order valence-electron chi connectivity index (χ4n) is 1.79. The van der Waals surface area contributed by atoms with E-state index in [2.05, 4.69) is 34.7 Å². The number of nitrogens with zero attached hydrogens (tertiary/aromatic N) is 4. The van der Waals surface area contributed by atoms with Gasteiger partial charge in [0.05, 0.1) is 19.3 Å². The highest BCUT2D eigenvalue weighted by Crippen LogP contribution is 2.07. The molecule has 0 fully saturated rings. The van der Waals surface area contributed by atoms with E-state index in [9.17, 15) is 0 Å². The fraction of sp³-hybridized carbons (Fsp3) is 0.917. The average molecular weight is 271 g/mol. The minimum absolute atomic E-state index is 0.179. The Hall–Kier alpha value is -1.05. The van der Waals surface area contributed by atoms with Gasteiger partial charge in [0.1, 0.15) is 0 Å². The van der Waals surface area contributed by atoms with Gasteiger partial charge in [-0.3, -0.25) is 0 Å². The van der Waals surface area contributed by atoms with Crippen LogP contribution >= 0.6 is 0 Å². The first kappa shape index (κ1) is 16.0. The van der Waals surface area contributed by atoms with Gasteiger partial charge in [-0.2, -0.15) is 0 Å². The number of aromatic nitrogens is 4. The van der Waals surface area contributed by atoms with Crippen molar-refractivity contribution in [3.63, 3.8) is 0 Å². The molecule has 0 saturated carbocycles. The number of hydrogen-bond acceptors (Lipinski definition) is 6. The lowest BCUT2D eigenvalue weighted by Crippen LogP contribution is -2.22. The van der Waals surface area contributed by atoms with Crippen molar-refractivity contribution in [2.24, 2.45) is 0 Å². The zero-order valence-electron chi connectivity index (χ0n) is 12.1. The Morgan fingerprint density at radius 3 is 2.84 bits per heavy atom. The van der Waals surface area contributed by atoms with E-state index in [-0.39, 0.29) is 6.04 Å². The van der Waals surface area contributed by atoms with Gasteiger partial charge < -0.3 is 14.8 Å². The molecule has 0 spiro atoms. The van der Waals surface area contributed by atoms with Crippen LogP contribution < -0.4 is 5.32 Å². The summed E-state index contributed by atoms with van der Waals surface area (Å²) in [6.45, 7) is 7.93. The van der Waals surface area contributed by atoms with E-state index in [4.69, 9.17) is 9.47 Å². The van der Waals surface area contributed by atoms with Crippen molar-refractivity contribution < 1.29 is 9.47 Å². The van der Waals surface area contributed by atoms with Gasteiger partial charge in [-0.15, -0.1) is 5.10 Å². The molecule has 19 heavy (non-hydrogen) atoms. The molecule has 1 heterocycles. The maximum absolute atomic E-state index is 5.41. The maximum Gasteiger partial charge on any atom is 0.167 e. The third-order valence-electron chi connectivity index (χ3n) is 2.80. The SMILES string of the molecule is CCNC(C)c1nnnn1CCCCOCCOC. The number of unbranched alkanes of at least 4 members (excludes halogenated alkanes) is 1. The van der Waals surface area contributed by atoms with Crippen molar-refractivity contribution in [1.82, 2.24) is 25.5 Å². The Balaban J connectivity index is 2.20. The predicted molar refractivity (Wildman–Crippen MR) is 71.8 cm³/mol. The molecule has 0 aliphatic carbocycles. The van der Waals surface area contributed by atoms with E-state index in [0.717, 1.165) is 38.4 Å². The highest BCUT2D eigenvalue weighted by molar-refractivity contribution is 4.89. The second-order valence-corrected chi connectivity index (χ2v) is 4.35. The van der Waals surface area contributed by atoms with Crippen molar-refractivity contribution in [1.29, 1.82) is 0 Å². The van der Waals surface area contributed by atoms with Crippen LogP contribution in [0.5, 0.6) is 0 Å². The lowest BCUT2D eigenvalue weighted by molar-refractivity contribution is 0.0683. The molecule has 0 aliphatic heterocycles. The van der Waals surface area contributed by atoms with Gasteiger partial charge in [0, 0.05) is 20.3 Å². The maximum atomic E-state index is 5.41. The summed E-state index contributed by atoms with van der Waals surface area (Å²) in [5.74, 6) is 0.891. The molecule has 1 unspecified atom stereocenters. The van der Waals surface area contributed by atoms with E-state index in [0.29, 0.717) is 13.2 Å². The van der Waals surface area contributed by atoms with E-state index in [1.165, 1.54) is 0 Å². The topological polar surface area (TPSA) is 74.1 Å². The van der Waals surface area contributed by atoms with Gasteiger partial charge in [0.15, 0.2) is 5.82 Å². The minimum Gasteiger partial charge on any atom is -0.382 e. The van der Waals surface area contributed by atoms with Crippen LogP contribution in [0.1, 0.15) is 38.6 Å². The molecular formula is C12H25N5O2. The minimum atomic E-state index is 0.179. The van der Waals surface area contributed by atoms with Gasteiger partial charge in [0.25, 0.3) is 0 Å². The number of nitrogens with one attached hydrogen (secondary N) is 1. The zero-order chi connectivity index (χ0) is 13.9. The van der Waals surface area contributed by atoms with Crippen LogP contribution in [0.3, 0.4) is 0 Å². The van der Waals surface area contributed by atoms with Gasteiger partial charge in [0.2, 0.25) is 0 Å². The van der Waals surface area contributed by atoms with E-state index < -0.39 is 0 Å². The van der Waals surface area contributed by atoms with Crippen LogP contribution in [-0.2, 0) is 16.0 Å². The molecule has 110 valence electrons. The average Bonchev–Trinajstić information content (AvgIpc) is 2.86. The molecule has 1 N–H and O–H groups in total. The number of aryl methyl sites for hydroxylation is 1. The number of methoxy groups -OCH3 is 1. The second kappa shape index (κ2) is 9.82. The molecule has 7 nitrogen and oxygen atoms in total. The van der Waals surface area contributed by atoms with Gasteiger partial charge in [-0.1, -0.05) is 6.92 Å². The highest BCUT2D eigenvalue weighted by atomic mass is 16.5. The molecule has 1 aromatic rings. The van der Waals surface area contributed by atoms with Crippen LogP contribution in [0.25, 0.3) is 0 Å². The van der Waals surface area contributed by atoms with Gasteiger partial charge in [-0.05, 0) is 36.7 Å². The number of rotatable bonds is 11.